The molecule has 0 amide bonds. The zero-order valence-corrected chi connectivity index (χ0v) is 8.01. The number of nitrogens with zero attached hydrogens (tertiary/aromatic N) is 3. The van der Waals surface area contributed by atoms with E-state index in [0.29, 0.717) is 17.2 Å². The molecule has 0 bridgehead atoms. The highest BCUT2D eigenvalue weighted by Crippen LogP contribution is 2.14. The van der Waals surface area contributed by atoms with Crippen LogP contribution in [0.25, 0.3) is 5.65 Å². The molecule has 1 unspecified atom stereocenters. The van der Waals surface area contributed by atoms with Gasteiger partial charge in [-0.15, -0.1) is 0 Å². The maximum atomic E-state index is 9.32. The molecular weight excluding hydrogens is 182 g/mol. The molecule has 1 atom stereocenters. The predicted octanol–water partition coefficient (Wildman–Crippen LogP) is 0.791. The van der Waals surface area contributed by atoms with Crippen LogP contribution in [0.15, 0.2) is 18.6 Å². The van der Waals surface area contributed by atoms with Crippen molar-refractivity contribution in [1.82, 2.24) is 14.4 Å². The highest BCUT2D eigenvalue weighted by atomic mass is 16.5. The van der Waals surface area contributed by atoms with E-state index >= 15 is 0 Å². The number of methoxy groups -OCH3 is 1. The summed E-state index contributed by atoms with van der Waals surface area (Å²) in [6.07, 6.45) is 4.50. The van der Waals surface area contributed by atoms with Crippen LogP contribution in [0.3, 0.4) is 0 Å². The van der Waals surface area contributed by atoms with Crippen LogP contribution in [-0.4, -0.2) is 26.6 Å². The van der Waals surface area contributed by atoms with Gasteiger partial charge >= 0.3 is 0 Å². The van der Waals surface area contributed by atoms with Crippen LogP contribution in [0.4, 0.5) is 0 Å². The van der Waals surface area contributed by atoms with Gasteiger partial charge in [-0.1, -0.05) is 0 Å². The summed E-state index contributed by atoms with van der Waals surface area (Å²) in [5.41, 5.74) is 1.32. The van der Waals surface area contributed by atoms with E-state index in [2.05, 4.69) is 9.97 Å². The van der Waals surface area contributed by atoms with E-state index in [0.717, 1.165) is 0 Å². The van der Waals surface area contributed by atoms with Gasteiger partial charge < -0.3 is 9.84 Å². The van der Waals surface area contributed by atoms with E-state index < -0.39 is 6.10 Å². The third-order valence-electron chi connectivity index (χ3n) is 1.97. The third-order valence-corrected chi connectivity index (χ3v) is 1.97. The Kier molecular flexibility index (Phi) is 2.09. The van der Waals surface area contributed by atoms with Crippen molar-refractivity contribution in [2.45, 2.75) is 13.0 Å². The Morgan fingerprint density at radius 1 is 1.50 bits per heavy atom. The molecule has 0 fully saturated rings. The normalized spacial score (nSPS) is 13.1. The molecule has 0 spiro atoms. The average molecular weight is 193 g/mol. The summed E-state index contributed by atoms with van der Waals surface area (Å²) in [7, 11) is 1.56. The number of hydrogen-bond donors (Lipinski definition) is 1. The van der Waals surface area contributed by atoms with Crippen molar-refractivity contribution < 1.29 is 9.84 Å². The molecule has 5 heteroatoms. The first-order valence-corrected chi connectivity index (χ1v) is 4.27. The number of rotatable bonds is 2. The minimum atomic E-state index is -0.569. The number of imidazole rings is 1. The second-order valence-electron chi connectivity index (χ2n) is 3.04. The van der Waals surface area contributed by atoms with Gasteiger partial charge in [0.1, 0.15) is 0 Å². The molecular formula is C9H11N3O2. The lowest BCUT2D eigenvalue weighted by Gasteiger charge is -1.97. The van der Waals surface area contributed by atoms with Crippen LogP contribution < -0.4 is 4.74 Å². The predicted molar refractivity (Wildman–Crippen MR) is 50.2 cm³/mol. The first kappa shape index (κ1) is 8.96. The Hall–Kier alpha value is -1.62. The fourth-order valence-corrected chi connectivity index (χ4v) is 1.21. The fourth-order valence-electron chi connectivity index (χ4n) is 1.21. The Balaban J connectivity index is 2.54. The lowest BCUT2D eigenvalue weighted by atomic mass is 10.3. The maximum Gasteiger partial charge on any atom is 0.230 e. The SMILES string of the molecule is COc1cn2cc(C(C)O)nc2cn1. The minimum Gasteiger partial charge on any atom is -0.480 e. The number of ether oxygens (including phenoxy) is 1. The fraction of sp³-hybridized carbons (Fsp3) is 0.333. The molecule has 2 heterocycles. The van der Waals surface area contributed by atoms with Crippen molar-refractivity contribution >= 4 is 5.65 Å². The molecule has 0 saturated heterocycles. The van der Waals surface area contributed by atoms with Crippen molar-refractivity contribution in [2.24, 2.45) is 0 Å². The molecule has 0 aliphatic rings. The van der Waals surface area contributed by atoms with Gasteiger partial charge in [0.05, 0.1) is 31.3 Å². The van der Waals surface area contributed by atoms with Crippen molar-refractivity contribution in [3.63, 3.8) is 0 Å². The molecule has 0 aromatic carbocycles. The zero-order valence-electron chi connectivity index (χ0n) is 8.01. The number of aliphatic hydroxyl groups excluding tert-OH is 1. The van der Waals surface area contributed by atoms with Crippen LogP contribution in [-0.2, 0) is 0 Å². The number of aliphatic hydroxyl groups is 1. The summed E-state index contributed by atoms with van der Waals surface area (Å²) in [5.74, 6) is 0.520. The van der Waals surface area contributed by atoms with Gasteiger partial charge in [0, 0.05) is 6.20 Å². The van der Waals surface area contributed by atoms with Gasteiger partial charge in [0.15, 0.2) is 5.65 Å². The summed E-state index contributed by atoms with van der Waals surface area (Å²) in [6, 6.07) is 0. The van der Waals surface area contributed by atoms with E-state index in [4.69, 9.17) is 4.74 Å². The molecule has 0 saturated carbocycles. The van der Waals surface area contributed by atoms with Gasteiger partial charge in [-0.25, -0.2) is 9.97 Å². The smallest absolute Gasteiger partial charge is 0.230 e. The molecule has 0 aliphatic carbocycles. The molecule has 14 heavy (non-hydrogen) atoms. The Labute approximate surface area is 81.0 Å². The quantitative estimate of drug-likeness (QED) is 0.766. The molecule has 5 nitrogen and oxygen atoms in total. The van der Waals surface area contributed by atoms with Crippen LogP contribution >= 0.6 is 0 Å². The van der Waals surface area contributed by atoms with Crippen molar-refractivity contribution in [3.8, 4) is 5.88 Å². The van der Waals surface area contributed by atoms with Gasteiger partial charge in [0.25, 0.3) is 0 Å². The van der Waals surface area contributed by atoms with Crippen molar-refractivity contribution in [3.05, 3.63) is 24.3 Å². The van der Waals surface area contributed by atoms with Gasteiger partial charge in [-0.05, 0) is 6.92 Å². The first-order valence-electron chi connectivity index (χ1n) is 4.27. The van der Waals surface area contributed by atoms with Gasteiger partial charge in [-0.2, -0.15) is 0 Å². The van der Waals surface area contributed by atoms with Crippen molar-refractivity contribution in [2.75, 3.05) is 7.11 Å². The van der Waals surface area contributed by atoms with E-state index in [1.807, 2.05) is 0 Å². The van der Waals surface area contributed by atoms with Crippen LogP contribution in [0, 0.1) is 0 Å². The monoisotopic (exact) mass is 193 g/mol. The summed E-state index contributed by atoms with van der Waals surface area (Å²) in [6.45, 7) is 1.67. The van der Waals surface area contributed by atoms with E-state index in [1.165, 1.54) is 0 Å². The molecule has 74 valence electrons. The Morgan fingerprint density at radius 2 is 2.29 bits per heavy atom. The molecule has 2 rings (SSSR count). The van der Waals surface area contributed by atoms with Crippen LogP contribution in [0.2, 0.25) is 0 Å². The lowest BCUT2D eigenvalue weighted by Crippen LogP contribution is -1.90. The largest absolute Gasteiger partial charge is 0.480 e. The van der Waals surface area contributed by atoms with Crippen molar-refractivity contribution in [1.29, 1.82) is 0 Å². The zero-order chi connectivity index (χ0) is 10.1. The number of hydrogen-bond acceptors (Lipinski definition) is 4. The third kappa shape index (κ3) is 1.42. The topological polar surface area (TPSA) is 59.7 Å². The van der Waals surface area contributed by atoms with E-state index in [9.17, 15) is 5.11 Å². The lowest BCUT2D eigenvalue weighted by molar-refractivity contribution is 0.195. The summed E-state index contributed by atoms with van der Waals surface area (Å²) < 4.78 is 6.74. The summed E-state index contributed by atoms with van der Waals surface area (Å²) in [4.78, 5) is 8.19. The molecule has 0 radical (unpaired) electrons. The van der Waals surface area contributed by atoms with Gasteiger partial charge in [0.2, 0.25) is 5.88 Å². The van der Waals surface area contributed by atoms with E-state index in [-0.39, 0.29) is 0 Å². The highest BCUT2D eigenvalue weighted by Gasteiger charge is 2.07. The Morgan fingerprint density at radius 3 is 2.93 bits per heavy atom. The van der Waals surface area contributed by atoms with Gasteiger partial charge in [-0.3, -0.25) is 4.40 Å². The highest BCUT2D eigenvalue weighted by molar-refractivity contribution is 5.38. The standard InChI is InChI=1S/C9H11N3O2/c1-6(13)7-4-12-5-9(14-2)10-3-8(12)11-7/h3-6,13H,1-2H3. The minimum absolute atomic E-state index is 0.520. The first-order chi connectivity index (χ1) is 6.70. The summed E-state index contributed by atoms with van der Waals surface area (Å²) >= 11 is 0. The second kappa shape index (κ2) is 3.26. The molecule has 1 N–H and O–H groups in total. The average Bonchev–Trinajstić information content (AvgIpc) is 2.59. The number of aromatic nitrogens is 3. The molecule has 2 aromatic heterocycles. The Bertz CT molecular complexity index is 450. The molecule has 0 aliphatic heterocycles. The maximum absolute atomic E-state index is 9.32. The van der Waals surface area contributed by atoms with E-state index in [1.54, 1.807) is 37.0 Å². The van der Waals surface area contributed by atoms with Crippen LogP contribution in [0.5, 0.6) is 5.88 Å². The molecule has 2 aromatic rings. The number of fused-ring (bicyclic) bond motifs is 1. The van der Waals surface area contributed by atoms with Crippen LogP contribution in [0.1, 0.15) is 18.7 Å². The summed E-state index contributed by atoms with van der Waals surface area (Å²) in [5, 5.41) is 9.32. The second-order valence-corrected chi connectivity index (χ2v) is 3.04.